The van der Waals surface area contributed by atoms with E-state index in [4.69, 9.17) is 16.3 Å². The average Bonchev–Trinajstić information content (AvgIpc) is 2.58. The molecule has 3 rings (SSSR count). The van der Waals surface area contributed by atoms with Gasteiger partial charge in [0.05, 0.1) is 6.61 Å². The molecule has 0 N–H and O–H groups in total. The number of nitrogens with zero attached hydrogens (tertiary/aromatic N) is 1. The highest BCUT2D eigenvalue weighted by atomic mass is 35.5. The Hall–Kier alpha value is -1.25. The molecule has 0 atom stereocenters. The molecule has 1 aliphatic rings. The van der Waals surface area contributed by atoms with Crippen molar-refractivity contribution in [3.63, 3.8) is 0 Å². The molecule has 1 fully saturated rings. The van der Waals surface area contributed by atoms with E-state index in [1.807, 2.05) is 30.3 Å². The van der Waals surface area contributed by atoms with Gasteiger partial charge in [-0.2, -0.15) is 0 Å². The molecular weight excluding hydrogens is 306 g/mol. The summed E-state index contributed by atoms with van der Waals surface area (Å²) >= 11 is 6.25. The van der Waals surface area contributed by atoms with E-state index >= 15 is 0 Å². The van der Waals surface area contributed by atoms with Crippen LogP contribution in [-0.2, 0) is 0 Å². The largest absolute Gasteiger partial charge is 0.493 e. The smallest absolute Gasteiger partial charge is 0.127 e. The number of halogens is 1. The van der Waals surface area contributed by atoms with Crippen LogP contribution >= 0.6 is 11.6 Å². The van der Waals surface area contributed by atoms with Crippen LogP contribution in [0.25, 0.3) is 10.8 Å². The predicted molar refractivity (Wildman–Crippen MR) is 98.5 cm³/mol. The maximum Gasteiger partial charge on any atom is 0.127 e. The lowest BCUT2D eigenvalue weighted by Gasteiger charge is -2.30. The third-order valence-electron chi connectivity index (χ3n) is 4.83. The zero-order valence-corrected chi connectivity index (χ0v) is 14.7. The van der Waals surface area contributed by atoms with Gasteiger partial charge in [0.2, 0.25) is 0 Å². The summed E-state index contributed by atoms with van der Waals surface area (Å²) in [6.45, 7) is 6.88. The molecule has 0 saturated carbocycles. The van der Waals surface area contributed by atoms with Crippen molar-refractivity contribution in [2.24, 2.45) is 5.92 Å². The summed E-state index contributed by atoms with van der Waals surface area (Å²) in [5.74, 6) is 1.85. The van der Waals surface area contributed by atoms with E-state index in [9.17, 15) is 0 Å². The summed E-state index contributed by atoms with van der Waals surface area (Å²) in [5, 5.41) is 2.95. The summed E-state index contributed by atoms with van der Waals surface area (Å²) in [5.41, 5.74) is 0. The van der Waals surface area contributed by atoms with E-state index in [0.717, 1.165) is 40.5 Å². The highest BCUT2D eigenvalue weighted by Crippen LogP contribution is 2.31. The summed E-state index contributed by atoms with van der Waals surface area (Å²) in [4.78, 5) is 2.59. The lowest BCUT2D eigenvalue weighted by Crippen LogP contribution is -2.33. The van der Waals surface area contributed by atoms with Crippen LogP contribution in [0.2, 0.25) is 5.02 Å². The Morgan fingerprint density at radius 1 is 1.04 bits per heavy atom. The van der Waals surface area contributed by atoms with Crippen LogP contribution in [0.1, 0.15) is 32.6 Å². The SMILES string of the molecule is CC1CCN(CCCCOc2ccc(Cl)c3ccccc23)CC1. The van der Waals surface area contributed by atoms with Crippen LogP contribution in [0, 0.1) is 5.92 Å². The molecule has 1 aliphatic heterocycles. The Bertz CT molecular complexity index is 635. The summed E-state index contributed by atoms with van der Waals surface area (Å²) in [7, 11) is 0. The summed E-state index contributed by atoms with van der Waals surface area (Å²) < 4.78 is 6.00. The van der Waals surface area contributed by atoms with E-state index in [0.29, 0.717) is 0 Å². The fourth-order valence-electron chi connectivity index (χ4n) is 3.27. The van der Waals surface area contributed by atoms with E-state index in [-0.39, 0.29) is 0 Å². The molecule has 1 heterocycles. The number of unbranched alkanes of at least 4 members (excludes halogenated alkanes) is 1. The number of likely N-dealkylation sites (tertiary alicyclic amines) is 1. The standard InChI is InChI=1S/C20H26ClNO/c1-16-10-13-22(14-11-16)12-4-5-15-23-20-9-8-19(21)17-6-2-3-7-18(17)20/h2-3,6-9,16H,4-5,10-15H2,1H3. The molecule has 2 aromatic rings. The molecule has 0 aromatic heterocycles. The number of fused-ring (bicyclic) bond motifs is 1. The van der Waals surface area contributed by atoms with E-state index in [2.05, 4.69) is 17.9 Å². The quantitative estimate of drug-likeness (QED) is 0.658. The average molecular weight is 332 g/mol. The maximum absolute atomic E-state index is 6.25. The Kier molecular flexibility index (Phi) is 5.80. The Morgan fingerprint density at radius 3 is 2.57 bits per heavy atom. The zero-order valence-electron chi connectivity index (χ0n) is 13.9. The van der Waals surface area contributed by atoms with Gasteiger partial charge in [0, 0.05) is 15.8 Å². The van der Waals surface area contributed by atoms with Crippen molar-refractivity contribution in [3.05, 3.63) is 41.4 Å². The number of hydrogen-bond donors (Lipinski definition) is 0. The van der Waals surface area contributed by atoms with Gasteiger partial charge in [0.25, 0.3) is 0 Å². The first-order valence-corrected chi connectivity index (χ1v) is 9.14. The van der Waals surface area contributed by atoms with Crippen LogP contribution in [0.3, 0.4) is 0 Å². The van der Waals surface area contributed by atoms with Crippen LogP contribution in [0.5, 0.6) is 5.75 Å². The second kappa shape index (κ2) is 8.03. The lowest BCUT2D eigenvalue weighted by atomic mass is 9.99. The van der Waals surface area contributed by atoms with Crippen molar-refractivity contribution in [1.29, 1.82) is 0 Å². The fraction of sp³-hybridized carbons (Fsp3) is 0.500. The number of hydrogen-bond acceptors (Lipinski definition) is 2. The molecule has 0 radical (unpaired) electrons. The number of benzene rings is 2. The van der Waals surface area contributed by atoms with E-state index < -0.39 is 0 Å². The van der Waals surface area contributed by atoms with Crippen LogP contribution < -0.4 is 4.74 Å². The molecule has 23 heavy (non-hydrogen) atoms. The molecule has 0 amide bonds. The molecule has 124 valence electrons. The third-order valence-corrected chi connectivity index (χ3v) is 5.16. The third kappa shape index (κ3) is 4.39. The normalized spacial score (nSPS) is 16.8. The number of piperidine rings is 1. The Balaban J connectivity index is 1.45. The van der Waals surface area contributed by atoms with E-state index in [1.54, 1.807) is 0 Å². The van der Waals surface area contributed by atoms with Gasteiger partial charge in [-0.05, 0) is 63.4 Å². The minimum Gasteiger partial charge on any atom is -0.493 e. The van der Waals surface area contributed by atoms with Crippen molar-refractivity contribution in [3.8, 4) is 5.75 Å². The van der Waals surface area contributed by atoms with Crippen molar-refractivity contribution >= 4 is 22.4 Å². The van der Waals surface area contributed by atoms with Gasteiger partial charge in [-0.15, -0.1) is 0 Å². The van der Waals surface area contributed by atoms with Gasteiger partial charge in [-0.25, -0.2) is 0 Å². The second-order valence-electron chi connectivity index (χ2n) is 6.67. The molecule has 0 aliphatic carbocycles. The van der Waals surface area contributed by atoms with Crippen LogP contribution in [-0.4, -0.2) is 31.1 Å². The minimum atomic E-state index is 0.774. The first kappa shape index (κ1) is 16.6. The van der Waals surface area contributed by atoms with Crippen molar-refractivity contribution in [1.82, 2.24) is 4.90 Å². The van der Waals surface area contributed by atoms with Gasteiger partial charge in [0.15, 0.2) is 0 Å². The molecule has 2 nitrogen and oxygen atoms in total. The van der Waals surface area contributed by atoms with Gasteiger partial charge < -0.3 is 9.64 Å². The molecule has 1 saturated heterocycles. The molecular formula is C20H26ClNO. The van der Waals surface area contributed by atoms with Gasteiger partial charge >= 0.3 is 0 Å². The number of rotatable bonds is 6. The molecule has 0 unspecified atom stereocenters. The molecule has 0 spiro atoms. The van der Waals surface area contributed by atoms with Gasteiger partial charge in [-0.1, -0.05) is 42.8 Å². The zero-order chi connectivity index (χ0) is 16.1. The van der Waals surface area contributed by atoms with Crippen LogP contribution in [0.15, 0.2) is 36.4 Å². The second-order valence-corrected chi connectivity index (χ2v) is 7.08. The van der Waals surface area contributed by atoms with Crippen LogP contribution in [0.4, 0.5) is 0 Å². The Labute approximate surface area is 144 Å². The minimum absolute atomic E-state index is 0.774. The Morgan fingerprint density at radius 2 is 1.78 bits per heavy atom. The summed E-state index contributed by atoms with van der Waals surface area (Å²) in [6, 6.07) is 12.1. The fourth-order valence-corrected chi connectivity index (χ4v) is 3.49. The topological polar surface area (TPSA) is 12.5 Å². The number of ether oxygens (including phenoxy) is 1. The molecule has 0 bridgehead atoms. The first-order chi connectivity index (χ1) is 11.2. The van der Waals surface area contributed by atoms with Crippen molar-refractivity contribution < 1.29 is 4.74 Å². The summed E-state index contributed by atoms with van der Waals surface area (Å²) in [6.07, 6.45) is 5.02. The lowest BCUT2D eigenvalue weighted by molar-refractivity contribution is 0.185. The highest BCUT2D eigenvalue weighted by Gasteiger charge is 2.14. The highest BCUT2D eigenvalue weighted by molar-refractivity contribution is 6.35. The van der Waals surface area contributed by atoms with Crippen molar-refractivity contribution in [2.75, 3.05) is 26.2 Å². The van der Waals surface area contributed by atoms with Crippen molar-refractivity contribution in [2.45, 2.75) is 32.6 Å². The monoisotopic (exact) mass is 331 g/mol. The maximum atomic E-state index is 6.25. The predicted octanol–water partition coefficient (Wildman–Crippen LogP) is 5.38. The first-order valence-electron chi connectivity index (χ1n) is 8.76. The molecule has 3 heteroatoms. The van der Waals surface area contributed by atoms with Gasteiger partial charge in [-0.3, -0.25) is 0 Å². The molecule has 2 aromatic carbocycles. The van der Waals surface area contributed by atoms with Gasteiger partial charge in [0.1, 0.15) is 5.75 Å². The van der Waals surface area contributed by atoms with E-state index in [1.165, 1.54) is 38.9 Å².